The summed E-state index contributed by atoms with van der Waals surface area (Å²) in [4.78, 5) is 22.3. The summed E-state index contributed by atoms with van der Waals surface area (Å²) in [5, 5.41) is 14.4. The van der Waals surface area contributed by atoms with Crippen molar-refractivity contribution in [3.05, 3.63) is 107 Å². The van der Waals surface area contributed by atoms with Gasteiger partial charge in [-0.25, -0.2) is 4.98 Å². The van der Waals surface area contributed by atoms with E-state index >= 15 is 0 Å². The summed E-state index contributed by atoms with van der Waals surface area (Å²) in [7, 11) is 0. The standard InChI is InChI=1S/C33H29N2S.C11H17F3O2.Ir/c1-19-15-22-11-7-9-13-25(22)20(2)28(19)31-21(3)29-32(36-31)30(35-18-34-29)24-16-23-12-8-10-14-26(23)27(17-24)33(4,5)6;1-9(2,3)7(15)6-8(16)10(4,5)11(12,13)14;/h7-15,17-18H,1-6H3;6,15H,1-5H3;/q-1;;/b;7-6-;. The third kappa shape index (κ3) is 8.28. The number of carbonyl (C=O) groups is 1. The van der Waals surface area contributed by atoms with Gasteiger partial charge in [0.15, 0.2) is 5.78 Å². The van der Waals surface area contributed by atoms with Crippen LogP contribution < -0.4 is 0 Å². The van der Waals surface area contributed by atoms with Crippen LogP contribution in [0.3, 0.4) is 0 Å². The molecule has 0 fully saturated rings. The predicted octanol–water partition coefficient (Wildman–Crippen LogP) is 13.0. The van der Waals surface area contributed by atoms with Crippen LogP contribution in [0.4, 0.5) is 13.2 Å². The fourth-order valence-electron chi connectivity index (χ4n) is 6.14. The Labute approximate surface area is 327 Å². The van der Waals surface area contributed by atoms with Crippen molar-refractivity contribution >= 4 is 48.9 Å². The van der Waals surface area contributed by atoms with Crippen molar-refractivity contribution in [3.63, 3.8) is 0 Å². The van der Waals surface area contributed by atoms with Gasteiger partial charge in [-0.15, -0.1) is 40.5 Å². The molecule has 0 saturated carbocycles. The van der Waals surface area contributed by atoms with Gasteiger partial charge in [-0.1, -0.05) is 101 Å². The molecule has 9 heteroatoms. The van der Waals surface area contributed by atoms with Crippen LogP contribution in [0.5, 0.6) is 0 Å². The predicted molar refractivity (Wildman–Crippen MR) is 210 cm³/mol. The number of nitrogens with zero attached hydrogens (tertiary/aromatic N) is 2. The second-order valence-corrected chi connectivity index (χ2v) is 17.1. The van der Waals surface area contributed by atoms with E-state index in [4.69, 9.17) is 9.97 Å². The van der Waals surface area contributed by atoms with Gasteiger partial charge in [-0.05, 0) is 73.1 Å². The first-order chi connectivity index (χ1) is 24.0. The van der Waals surface area contributed by atoms with Crippen LogP contribution in [0.25, 0.3) is 53.5 Å². The molecule has 2 heterocycles. The molecule has 0 unspecified atom stereocenters. The largest absolute Gasteiger partial charge is 0.512 e. The van der Waals surface area contributed by atoms with Gasteiger partial charge in [0.25, 0.3) is 0 Å². The van der Waals surface area contributed by atoms with Crippen molar-refractivity contribution in [2.24, 2.45) is 10.8 Å². The molecule has 6 aromatic rings. The van der Waals surface area contributed by atoms with Gasteiger partial charge >= 0.3 is 6.18 Å². The number of hydrogen-bond acceptors (Lipinski definition) is 5. The summed E-state index contributed by atoms with van der Waals surface area (Å²) < 4.78 is 38.6. The Balaban J connectivity index is 0.000000316. The summed E-state index contributed by atoms with van der Waals surface area (Å²) in [5.41, 5.74) is 6.28. The van der Waals surface area contributed by atoms with E-state index in [2.05, 4.69) is 108 Å². The molecule has 0 aliphatic heterocycles. The van der Waals surface area contributed by atoms with Crippen molar-refractivity contribution in [2.75, 3.05) is 0 Å². The van der Waals surface area contributed by atoms with Gasteiger partial charge < -0.3 is 5.11 Å². The normalized spacial score (nSPS) is 12.8. The summed E-state index contributed by atoms with van der Waals surface area (Å²) in [6.07, 6.45) is -2.26. The Kier molecular flexibility index (Phi) is 11.9. The molecule has 1 N–H and O–H groups in total. The Morgan fingerprint density at radius 3 is 2.04 bits per heavy atom. The van der Waals surface area contributed by atoms with E-state index in [9.17, 15) is 23.1 Å². The van der Waals surface area contributed by atoms with Gasteiger partial charge in [0, 0.05) is 46.9 Å². The Morgan fingerprint density at radius 1 is 0.830 bits per heavy atom. The van der Waals surface area contributed by atoms with E-state index in [-0.39, 0.29) is 31.3 Å². The van der Waals surface area contributed by atoms with E-state index in [1.807, 2.05) is 11.3 Å². The molecule has 2 aromatic heterocycles. The van der Waals surface area contributed by atoms with Crippen LogP contribution in [0.2, 0.25) is 0 Å². The number of rotatable bonds is 4. The average molecular weight is 916 g/mol. The minimum atomic E-state index is -4.63. The first-order valence-corrected chi connectivity index (χ1v) is 18.1. The quantitative estimate of drug-likeness (QED) is 0.109. The molecular formula is C44H46F3IrN2O2S-. The van der Waals surface area contributed by atoms with Gasteiger partial charge in [-0.3, -0.25) is 9.78 Å². The first kappa shape index (κ1) is 41.8. The van der Waals surface area contributed by atoms with Crippen molar-refractivity contribution in [1.29, 1.82) is 0 Å². The monoisotopic (exact) mass is 916 g/mol. The number of alkyl halides is 3. The Morgan fingerprint density at radius 2 is 1.43 bits per heavy atom. The molecule has 0 amide bonds. The smallest absolute Gasteiger partial charge is 0.401 e. The average Bonchev–Trinajstić information content (AvgIpc) is 3.38. The topological polar surface area (TPSA) is 63.1 Å². The van der Waals surface area contributed by atoms with Crippen LogP contribution >= 0.6 is 11.3 Å². The third-order valence-electron chi connectivity index (χ3n) is 9.64. The molecule has 53 heavy (non-hydrogen) atoms. The van der Waals surface area contributed by atoms with E-state index in [1.54, 1.807) is 27.1 Å². The molecule has 281 valence electrons. The minimum Gasteiger partial charge on any atom is -0.512 e. The number of aliphatic hydroxyl groups excluding tert-OH is 1. The molecule has 4 aromatic carbocycles. The van der Waals surface area contributed by atoms with Crippen molar-refractivity contribution in [1.82, 2.24) is 9.97 Å². The number of carbonyl (C=O) groups excluding carboxylic acids is 1. The first-order valence-electron chi connectivity index (χ1n) is 17.3. The van der Waals surface area contributed by atoms with Crippen molar-refractivity contribution in [2.45, 2.75) is 87.8 Å². The number of ketones is 1. The van der Waals surface area contributed by atoms with E-state index in [0.717, 1.165) is 40.7 Å². The molecule has 0 atom stereocenters. The fraction of sp³-hybridized carbons (Fsp3) is 0.341. The Bertz CT molecular complexity index is 2360. The number of aliphatic hydroxyl groups is 1. The zero-order valence-electron chi connectivity index (χ0n) is 32.1. The molecule has 0 aliphatic rings. The molecular weight excluding hydrogens is 870 g/mol. The molecule has 0 saturated heterocycles. The summed E-state index contributed by atoms with van der Waals surface area (Å²) in [6, 6.07) is 25.5. The van der Waals surface area contributed by atoms with E-state index < -0.39 is 22.8 Å². The number of thiophene rings is 1. The second kappa shape index (κ2) is 15.1. The third-order valence-corrected chi connectivity index (χ3v) is 10.9. The molecule has 6 rings (SSSR count). The molecule has 4 nitrogen and oxygen atoms in total. The van der Waals surface area contributed by atoms with E-state index in [1.165, 1.54) is 48.9 Å². The molecule has 1 radical (unpaired) electrons. The number of hydrogen-bond donors (Lipinski definition) is 1. The fourth-order valence-corrected chi connectivity index (χ4v) is 7.57. The summed E-state index contributed by atoms with van der Waals surface area (Å²) in [5.74, 6) is -1.50. The van der Waals surface area contributed by atoms with Crippen LogP contribution in [0, 0.1) is 37.7 Å². The number of fused-ring (bicyclic) bond motifs is 3. The maximum Gasteiger partial charge on any atom is 0.401 e. The van der Waals surface area contributed by atoms with Crippen LogP contribution in [0.1, 0.15) is 77.6 Å². The van der Waals surface area contributed by atoms with E-state index in [0.29, 0.717) is 6.08 Å². The van der Waals surface area contributed by atoms with Crippen LogP contribution in [-0.2, 0) is 30.3 Å². The van der Waals surface area contributed by atoms with Crippen LogP contribution in [0.15, 0.2) is 78.8 Å². The minimum absolute atomic E-state index is 0. The van der Waals surface area contributed by atoms with Crippen LogP contribution in [-0.4, -0.2) is 27.0 Å². The number of allylic oxidation sites excluding steroid dienone is 2. The SMILES string of the molecule is CC(C)(C)/C(O)=C/C(=O)C(C)(C)C(F)(F)F.Cc1cc2ccccc2c(C)c1-c1sc2c(-c3[c-]c4ccccc4c(C(C)(C)C)c3)ncnc2c1C.[Ir]. The summed E-state index contributed by atoms with van der Waals surface area (Å²) in [6.45, 7) is 19.9. The number of benzene rings is 4. The molecule has 0 bridgehead atoms. The van der Waals surface area contributed by atoms with Gasteiger partial charge in [-0.2, -0.15) is 13.2 Å². The Hall–Kier alpha value is -3.91. The van der Waals surface area contributed by atoms with Gasteiger partial charge in [0.1, 0.15) is 17.5 Å². The van der Waals surface area contributed by atoms with Gasteiger partial charge in [0.2, 0.25) is 0 Å². The number of aryl methyl sites for hydroxylation is 3. The maximum absolute atomic E-state index is 12.5. The number of halogens is 3. The maximum atomic E-state index is 12.5. The van der Waals surface area contributed by atoms with Gasteiger partial charge in [0.05, 0.1) is 5.52 Å². The summed E-state index contributed by atoms with van der Waals surface area (Å²) >= 11 is 1.81. The number of aromatic nitrogens is 2. The molecule has 0 aliphatic carbocycles. The second-order valence-electron chi connectivity index (χ2n) is 16.0. The molecule has 0 spiro atoms. The zero-order chi connectivity index (χ0) is 38.6. The zero-order valence-corrected chi connectivity index (χ0v) is 35.3. The van der Waals surface area contributed by atoms with Crippen molar-refractivity contribution < 1.29 is 43.2 Å². The van der Waals surface area contributed by atoms with Crippen molar-refractivity contribution in [3.8, 4) is 21.7 Å².